The normalized spacial score (nSPS) is 14.5. The SMILES string of the molecule is N#CC1=C(N)Oc2cc(OC(=O)COc3c(F)c(F)c(F)c(F)c3F)ccc2C1c1c(Cl)cccc1Cl. The van der Waals surface area contributed by atoms with Crippen LogP contribution in [0.4, 0.5) is 22.0 Å². The highest BCUT2D eigenvalue weighted by molar-refractivity contribution is 6.36. The molecule has 1 unspecified atom stereocenters. The van der Waals surface area contributed by atoms with Gasteiger partial charge in [-0.25, -0.2) is 18.0 Å². The number of allylic oxidation sites excluding steroid dienone is 1. The van der Waals surface area contributed by atoms with Crippen LogP contribution >= 0.6 is 23.2 Å². The van der Waals surface area contributed by atoms with E-state index >= 15 is 0 Å². The van der Waals surface area contributed by atoms with Crippen LogP contribution in [-0.4, -0.2) is 12.6 Å². The van der Waals surface area contributed by atoms with Gasteiger partial charge in [0.2, 0.25) is 35.0 Å². The Morgan fingerprint density at radius 3 is 2.19 bits per heavy atom. The molecule has 3 aromatic rings. The summed E-state index contributed by atoms with van der Waals surface area (Å²) in [4.78, 5) is 12.1. The highest BCUT2D eigenvalue weighted by Gasteiger charge is 2.34. The van der Waals surface area contributed by atoms with E-state index in [0.717, 1.165) is 0 Å². The van der Waals surface area contributed by atoms with Gasteiger partial charge in [0.15, 0.2) is 12.4 Å². The summed E-state index contributed by atoms with van der Waals surface area (Å²) in [6.07, 6.45) is 0. The molecule has 190 valence electrons. The van der Waals surface area contributed by atoms with Crippen molar-refractivity contribution in [3.05, 3.63) is 98.1 Å². The number of hydrogen-bond donors (Lipinski definition) is 1. The van der Waals surface area contributed by atoms with Gasteiger partial charge in [-0.15, -0.1) is 0 Å². The molecule has 13 heteroatoms. The largest absolute Gasteiger partial charge is 0.476 e. The first-order valence-corrected chi connectivity index (χ1v) is 10.8. The zero-order chi connectivity index (χ0) is 27.0. The van der Waals surface area contributed by atoms with Crippen LogP contribution < -0.4 is 19.9 Å². The number of esters is 1. The van der Waals surface area contributed by atoms with Gasteiger partial charge in [0.05, 0.1) is 5.92 Å². The molecule has 37 heavy (non-hydrogen) atoms. The van der Waals surface area contributed by atoms with E-state index in [-0.39, 0.29) is 33.0 Å². The van der Waals surface area contributed by atoms with Crippen molar-refractivity contribution in [2.75, 3.05) is 6.61 Å². The molecule has 0 fully saturated rings. The molecule has 0 radical (unpaired) electrons. The molecule has 0 saturated carbocycles. The molecule has 4 rings (SSSR count). The predicted octanol–water partition coefficient (Wildman–Crippen LogP) is 5.89. The second-order valence-electron chi connectivity index (χ2n) is 7.42. The summed E-state index contributed by atoms with van der Waals surface area (Å²) in [7, 11) is 0. The first kappa shape index (κ1) is 26.1. The van der Waals surface area contributed by atoms with Crippen LogP contribution in [0.5, 0.6) is 17.2 Å². The second kappa shape index (κ2) is 10.2. The van der Waals surface area contributed by atoms with E-state index in [2.05, 4.69) is 4.74 Å². The fourth-order valence-electron chi connectivity index (χ4n) is 3.59. The van der Waals surface area contributed by atoms with Crippen LogP contribution in [0.25, 0.3) is 0 Å². The monoisotopic (exact) mass is 556 g/mol. The second-order valence-corrected chi connectivity index (χ2v) is 8.24. The molecule has 0 amide bonds. The van der Waals surface area contributed by atoms with Crippen molar-refractivity contribution >= 4 is 29.2 Å². The molecule has 0 aromatic heterocycles. The van der Waals surface area contributed by atoms with Gasteiger partial charge in [-0.05, 0) is 18.2 Å². The lowest BCUT2D eigenvalue weighted by molar-refractivity contribution is -0.136. The van der Waals surface area contributed by atoms with Crippen molar-refractivity contribution in [2.45, 2.75) is 5.92 Å². The number of hydrogen-bond acceptors (Lipinski definition) is 6. The summed E-state index contributed by atoms with van der Waals surface area (Å²) in [5.41, 5.74) is 6.74. The van der Waals surface area contributed by atoms with Crippen molar-refractivity contribution < 1.29 is 41.0 Å². The first-order chi connectivity index (χ1) is 17.5. The third-order valence-electron chi connectivity index (χ3n) is 5.21. The molecule has 1 aliphatic heterocycles. The number of nitrogens with zero attached hydrogens (tertiary/aromatic N) is 1. The van der Waals surface area contributed by atoms with Gasteiger partial charge in [-0.3, -0.25) is 0 Å². The predicted molar refractivity (Wildman–Crippen MR) is 120 cm³/mol. The maximum absolute atomic E-state index is 13.7. The number of carbonyl (C=O) groups excluding carboxylic acids is 1. The number of ether oxygens (including phenoxy) is 3. The van der Waals surface area contributed by atoms with Gasteiger partial charge in [0.25, 0.3) is 0 Å². The Morgan fingerprint density at radius 2 is 1.59 bits per heavy atom. The smallest absolute Gasteiger partial charge is 0.349 e. The molecule has 0 spiro atoms. The van der Waals surface area contributed by atoms with Gasteiger partial charge in [-0.2, -0.15) is 14.0 Å². The van der Waals surface area contributed by atoms with E-state index in [0.29, 0.717) is 11.1 Å². The van der Waals surface area contributed by atoms with Gasteiger partial charge >= 0.3 is 5.97 Å². The Morgan fingerprint density at radius 1 is 1.00 bits per heavy atom. The van der Waals surface area contributed by atoms with Crippen LogP contribution in [0, 0.1) is 40.4 Å². The van der Waals surface area contributed by atoms with Crippen molar-refractivity contribution in [3.8, 4) is 23.3 Å². The fraction of sp³-hybridized carbons (Fsp3) is 0.0833. The standard InChI is InChI=1S/C24H11Cl2F5N2O4/c25-12-2-1-3-13(26)17(12)16-10-5-4-9(6-14(10)37-24(33)11(16)7-32)36-15(34)8-35-23-21(30)19(28)18(27)20(29)22(23)31/h1-6,16H,8,33H2. The lowest BCUT2D eigenvalue weighted by Crippen LogP contribution is -2.22. The molecule has 0 saturated heterocycles. The number of fused-ring (bicyclic) bond motifs is 1. The number of halogens is 7. The summed E-state index contributed by atoms with van der Waals surface area (Å²) < 4.78 is 82.2. The van der Waals surface area contributed by atoms with Crippen molar-refractivity contribution in [3.63, 3.8) is 0 Å². The van der Waals surface area contributed by atoms with Crippen LogP contribution in [0.1, 0.15) is 17.0 Å². The summed E-state index contributed by atoms with van der Waals surface area (Å²) in [6.45, 7) is -1.20. The Bertz CT molecular complexity index is 1470. The lowest BCUT2D eigenvalue weighted by Gasteiger charge is -2.27. The third-order valence-corrected chi connectivity index (χ3v) is 5.87. The Labute approximate surface area is 215 Å². The van der Waals surface area contributed by atoms with Crippen molar-refractivity contribution in [1.82, 2.24) is 0 Å². The lowest BCUT2D eigenvalue weighted by atomic mass is 9.83. The number of nitrogens with two attached hydrogens (primary N) is 1. The molecule has 0 aliphatic carbocycles. The minimum atomic E-state index is -2.37. The minimum Gasteiger partial charge on any atom is -0.476 e. The van der Waals surface area contributed by atoms with E-state index in [1.165, 1.54) is 18.2 Å². The summed E-state index contributed by atoms with van der Waals surface area (Å²) in [5, 5.41) is 10.2. The topological polar surface area (TPSA) is 94.6 Å². The summed E-state index contributed by atoms with van der Waals surface area (Å²) in [5.74, 6) is -15.4. The van der Waals surface area contributed by atoms with E-state index in [1.54, 1.807) is 18.2 Å². The maximum Gasteiger partial charge on any atom is 0.349 e. The molecular formula is C24H11Cl2F5N2O4. The highest BCUT2D eigenvalue weighted by atomic mass is 35.5. The maximum atomic E-state index is 13.7. The Kier molecular flexibility index (Phi) is 7.16. The Balaban J connectivity index is 1.59. The number of nitriles is 1. The molecule has 1 aliphatic rings. The zero-order valence-electron chi connectivity index (χ0n) is 18.1. The molecule has 1 heterocycles. The fourth-order valence-corrected chi connectivity index (χ4v) is 4.20. The zero-order valence-corrected chi connectivity index (χ0v) is 19.6. The minimum absolute atomic E-state index is 0.0310. The average molecular weight is 557 g/mol. The average Bonchev–Trinajstić information content (AvgIpc) is 2.86. The van der Waals surface area contributed by atoms with Crippen LogP contribution in [-0.2, 0) is 4.79 Å². The van der Waals surface area contributed by atoms with Crippen LogP contribution in [0.2, 0.25) is 10.0 Å². The third kappa shape index (κ3) is 4.73. The Hall–Kier alpha value is -4.01. The van der Waals surface area contributed by atoms with Gasteiger partial charge < -0.3 is 19.9 Å². The quantitative estimate of drug-likeness (QED) is 0.138. The number of benzene rings is 3. The number of rotatable bonds is 5. The van der Waals surface area contributed by atoms with E-state index in [1.807, 2.05) is 6.07 Å². The molecule has 0 bridgehead atoms. The number of carbonyl (C=O) groups is 1. The molecule has 3 aromatic carbocycles. The first-order valence-electron chi connectivity index (χ1n) is 10.1. The van der Waals surface area contributed by atoms with Crippen LogP contribution in [0.3, 0.4) is 0 Å². The summed E-state index contributed by atoms with van der Waals surface area (Å²) in [6, 6.07) is 10.7. The van der Waals surface area contributed by atoms with Crippen molar-refractivity contribution in [1.29, 1.82) is 5.26 Å². The molecule has 1 atom stereocenters. The van der Waals surface area contributed by atoms with Crippen molar-refractivity contribution in [2.24, 2.45) is 5.73 Å². The van der Waals surface area contributed by atoms with Gasteiger partial charge in [0, 0.05) is 27.2 Å². The molecular weight excluding hydrogens is 546 g/mol. The summed E-state index contributed by atoms with van der Waals surface area (Å²) >= 11 is 12.7. The van der Waals surface area contributed by atoms with Crippen LogP contribution in [0.15, 0.2) is 47.9 Å². The highest BCUT2D eigenvalue weighted by Crippen LogP contribution is 2.47. The molecule has 6 nitrogen and oxygen atoms in total. The van der Waals surface area contributed by atoms with Gasteiger partial charge in [0.1, 0.15) is 23.1 Å². The van der Waals surface area contributed by atoms with E-state index in [9.17, 15) is 32.0 Å². The molecule has 2 N–H and O–H groups in total. The van der Waals surface area contributed by atoms with Gasteiger partial charge in [-0.1, -0.05) is 35.3 Å². The van der Waals surface area contributed by atoms with E-state index < -0.39 is 53.3 Å². The van der Waals surface area contributed by atoms with E-state index in [4.69, 9.17) is 38.4 Å².